The maximum atomic E-state index is 4.26. The van der Waals surface area contributed by atoms with Crippen molar-refractivity contribution in [2.24, 2.45) is 5.92 Å². The van der Waals surface area contributed by atoms with Crippen LogP contribution < -0.4 is 5.32 Å². The number of aromatic nitrogens is 2. The van der Waals surface area contributed by atoms with E-state index in [1.165, 1.54) is 37.8 Å². The maximum absolute atomic E-state index is 4.26. The molecule has 0 spiro atoms. The Bertz CT molecular complexity index is 350. The van der Waals surface area contributed by atoms with Gasteiger partial charge in [-0.15, -0.1) is 0 Å². The third-order valence-corrected chi connectivity index (χ3v) is 4.26. The highest BCUT2D eigenvalue weighted by Gasteiger charge is 2.19. The summed E-state index contributed by atoms with van der Waals surface area (Å²) in [6, 6.07) is 1.12. The predicted octanol–water partition coefficient (Wildman–Crippen LogP) is 3.52. The van der Waals surface area contributed by atoms with E-state index < -0.39 is 0 Å². The average Bonchev–Trinajstić information content (AvgIpc) is 2.85. The Hall–Kier alpha value is -0.830. The Kier molecular flexibility index (Phi) is 4.81. The molecule has 0 amide bonds. The molecule has 3 nitrogen and oxygen atoms in total. The van der Waals surface area contributed by atoms with Gasteiger partial charge in [0, 0.05) is 24.8 Å². The van der Waals surface area contributed by atoms with Crippen molar-refractivity contribution in [2.45, 2.75) is 71.5 Å². The Morgan fingerprint density at radius 2 is 2.00 bits per heavy atom. The van der Waals surface area contributed by atoms with Crippen molar-refractivity contribution >= 4 is 0 Å². The average molecular weight is 249 g/mol. The van der Waals surface area contributed by atoms with E-state index in [1.54, 1.807) is 0 Å². The summed E-state index contributed by atoms with van der Waals surface area (Å²) >= 11 is 0. The summed E-state index contributed by atoms with van der Waals surface area (Å²) in [5, 5.41) is 3.69. The van der Waals surface area contributed by atoms with Gasteiger partial charge in [0.25, 0.3) is 0 Å². The minimum absolute atomic E-state index is 0.495. The van der Waals surface area contributed by atoms with Gasteiger partial charge in [0.1, 0.15) is 0 Å². The van der Waals surface area contributed by atoms with Crippen LogP contribution >= 0.6 is 0 Å². The van der Waals surface area contributed by atoms with Crippen molar-refractivity contribution < 1.29 is 0 Å². The van der Waals surface area contributed by atoms with Gasteiger partial charge in [0.2, 0.25) is 0 Å². The molecular formula is C15H27N3. The van der Waals surface area contributed by atoms with Gasteiger partial charge in [0.05, 0.1) is 12.0 Å². The van der Waals surface area contributed by atoms with Gasteiger partial charge in [-0.2, -0.15) is 0 Å². The zero-order valence-electron chi connectivity index (χ0n) is 12.0. The first-order chi connectivity index (χ1) is 8.68. The van der Waals surface area contributed by atoms with Crippen LogP contribution in [0.5, 0.6) is 0 Å². The minimum Gasteiger partial charge on any atom is -0.331 e. The largest absolute Gasteiger partial charge is 0.331 e. The molecular weight excluding hydrogens is 222 g/mol. The highest BCUT2D eigenvalue weighted by atomic mass is 15.1. The van der Waals surface area contributed by atoms with E-state index in [1.807, 2.05) is 12.5 Å². The summed E-state index contributed by atoms with van der Waals surface area (Å²) < 4.78 is 2.25. The smallest absolute Gasteiger partial charge is 0.0951 e. The molecule has 1 fully saturated rings. The lowest BCUT2D eigenvalue weighted by molar-refractivity contribution is 0.279. The van der Waals surface area contributed by atoms with Crippen LogP contribution in [0.2, 0.25) is 0 Å². The second-order valence-electron chi connectivity index (χ2n) is 5.95. The quantitative estimate of drug-likeness (QED) is 0.865. The van der Waals surface area contributed by atoms with Crippen LogP contribution in [0.15, 0.2) is 12.5 Å². The Labute approximate surface area is 111 Å². The summed E-state index contributed by atoms with van der Waals surface area (Å²) in [6.07, 6.45) is 11.0. The molecule has 18 heavy (non-hydrogen) atoms. The second-order valence-corrected chi connectivity index (χ2v) is 5.95. The Morgan fingerprint density at radius 1 is 1.28 bits per heavy atom. The van der Waals surface area contributed by atoms with Crippen molar-refractivity contribution in [1.29, 1.82) is 0 Å². The van der Waals surface area contributed by atoms with Crippen LogP contribution in [0.25, 0.3) is 0 Å². The molecule has 1 atom stereocenters. The number of nitrogens with one attached hydrogen (secondary N) is 1. The summed E-state index contributed by atoms with van der Waals surface area (Å²) in [5.41, 5.74) is 1.30. The maximum Gasteiger partial charge on any atom is 0.0951 e. The summed E-state index contributed by atoms with van der Waals surface area (Å²) in [7, 11) is 0. The molecule has 0 aromatic carbocycles. The predicted molar refractivity (Wildman–Crippen MR) is 75.5 cm³/mol. The lowest BCUT2D eigenvalue weighted by Crippen LogP contribution is -2.34. The normalized spacial score (nSPS) is 19.3. The Balaban J connectivity index is 1.84. The zero-order chi connectivity index (χ0) is 13.0. The molecule has 0 radical (unpaired) electrons. The topological polar surface area (TPSA) is 29.9 Å². The van der Waals surface area contributed by atoms with Crippen molar-refractivity contribution in [3.8, 4) is 0 Å². The number of imidazole rings is 1. The third-order valence-electron chi connectivity index (χ3n) is 4.26. The standard InChI is InChI=1S/C15H27N3/c1-12(2)18-11-16-9-15(18)10-17-13(3)14-7-5-4-6-8-14/h9,11-14,17H,4-8,10H2,1-3H3. The van der Waals surface area contributed by atoms with E-state index in [2.05, 4.69) is 35.6 Å². The monoisotopic (exact) mass is 249 g/mol. The van der Waals surface area contributed by atoms with Gasteiger partial charge in [0.15, 0.2) is 0 Å². The molecule has 0 aliphatic heterocycles. The van der Waals surface area contributed by atoms with E-state index in [4.69, 9.17) is 0 Å². The van der Waals surface area contributed by atoms with Gasteiger partial charge in [-0.1, -0.05) is 19.3 Å². The lowest BCUT2D eigenvalue weighted by atomic mass is 9.84. The third kappa shape index (κ3) is 3.35. The van der Waals surface area contributed by atoms with Gasteiger partial charge >= 0.3 is 0 Å². The fourth-order valence-electron chi connectivity index (χ4n) is 3.00. The fourth-order valence-corrected chi connectivity index (χ4v) is 3.00. The molecule has 102 valence electrons. The Morgan fingerprint density at radius 3 is 2.67 bits per heavy atom. The molecule has 1 aliphatic carbocycles. The van der Waals surface area contributed by atoms with Gasteiger partial charge < -0.3 is 9.88 Å². The zero-order valence-corrected chi connectivity index (χ0v) is 12.0. The van der Waals surface area contributed by atoms with Crippen LogP contribution in [0.3, 0.4) is 0 Å². The minimum atomic E-state index is 0.495. The lowest BCUT2D eigenvalue weighted by Gasteiger charge is -2.28. The first-order valence-electron chi connectivity index (χ1n) is 7.42. The van der Waals surface area contributed by atoms with Gasteiger partial charge in [-0.05, 0) is 39.5 Å². The van der Waals surface area contributed by atoms with E-state index >= 15 is 0 Å². The van der Waals surface area contributed by atoms with Crippen molar-refractivity contribution in [3.63, 3.8) is 0 Å². The number of rotatable bonds is 5. The highest BCUT2D eigenvalue weighted by Crippen LogP contribution is 2.26. The first kappa shape index (κ1) is 13.6. The number of hydrogen-bond acceptors (Lipinski definition) is 2. The molecule has 1 unspecified atom stereocenters. The van der Waals surface area contributed by atoms with E-state index in [0.29, 0.717) is 12.1 Å². The summed E-state index contributed by atoms with van der Waals surface area (Å²) in [6.45, 7) is 7.69. The molecule has 1 N–H and O–H groups in total. The molecule has 0 bridgehead atoms. The van der Waals surface area contributed by atoms with E-state index in [-0.39, 0.29) is 0 Å². The SMILES string of the molecule is CC(NCc1cncn1C(C)C)C1CCCCC1. The first-order valence-corrected chi connectivity index (χ1v) is 7.42. The summed E-state index contributed by atoms with van der Waals surface area (Å²) in [5.74, 6) is 0.870. The molecule has 1 aliphatic rings. The highest BCUT2D eigenvalue weighted by molar-refractivity contribution is 4.99. The fraction of sp³-hybridized carbons (Fsp3) is 0.800. The van der Waals surface area contributed by atoms with E-state index in [9.17, 15) is 0 Å². The van der Waals surface area contributed by atoms with Crippen LogP contribution in [0, 0.1) is 5.92 Å². The van der Waals surface area contributed by atoms with Crippen molar-refractivity contribution in [1.82, 2.24) is 14.9 Å². The molecule has 2 rings (SSSR count). The summed E-state index contributed by atoms with van der Waals surface area (Å²) in [4.78, 5) is 4.26. The van der Waals surface area contributed by atoms with Crippen LogP contribution in [0.1, 0.15) is 64.6 Å². The molecule has 1 heterocycles. The number of nitrogens with zero attached hydrogens (tertiary/aromatic N) is 2. The van der Waals surface area contributed by atoms with Crippen molar-refractivity contribution in [2.75, 3.05) is 0 Å². The van der Waals surface area contributed by atoms with E-state index in [0.717, 1.165) is 12.5 Å². The molecule has 3 heteroatoms. The molecule has 1 saturated carbocycles. The molecule has 1 aromatic rings. The van der Waals surface area contributed by atoms with Crippen LogP contribution in [-0.2, 0) is 6.54 Å². The number of hydrogen-bond donors (Lipinski definition) is 1. The molecule has 0 saturated heterocycles. The second kappa shape index (κ2) is 6.37. The van der Waals surface area contributed by atoms with Gasteiger partial charge in [-0.25, -0.2) is 4.98 Å². The van der Waals surface area contributed by atoms with Gasteiger partial charge in [-0.3, -0.25) is 0 Å². The molecule has 1 aromatic heterocycles. The van der Waals surface area contributed by atoms with Crippen LogP contribution in [-0.4, -0.2) is 15.6 Å². The van der Waals surface area contributed by atoms with Crippen molar-refractivity contribution in [3.05, 3.63) is 18.2 Å². The van der Waals surface area contributed by atoms with Crippen LogP contribution in [0.4, 0.5) is 0 Å².